The summed E-state index contributed by atoms with van der Waals surface area (Å²) in [7, 11) is 0. The zero-order valence-corrected chi connectivity index (χ0v) is 13.4. The number of carboxylic acid groups (broad SMARTS) is 1. The number of carboxylic acids is 1. The molecule has 21 heavy (non-hydrogen) atoms. The molecule has 0 aliphatic heterocycles. The van der Waals surface area contributed by atoms with E-state index in [-0.39, 0.29) is 10.6 Å². The van der Waals surface area contributed by atoms with Crippen LogP contribution in [-0.2, 0) is 0 Å². The van der Waals surface area contributed by atoms with E-state index in [9.17, 15) is 10.1 Å². The molecule has 2 aromatic carbocycles. The quantitative estimate of drug-likeness (QED) is 0.814. The lowest BCUT2D eigenvalue weighted by Gasteiger charge is -2.08. The monoisotopic (exact) mass is 335 g/mol. The molecule has 0 radical (unpaired) electrons. The van der Waals surface area contributed by atoms with Gasteiger partial charge in [0.2, 0.25) is 0 Å². The Morgan fingerprint density at radius 2 is 2.00 bits per heavy atom. The largest absolute Gasteiger partial charge is 0.478 e. The summed E-state index contributed by atoms with van der Waals surface area (Å²) < 4.78 is 0. The Balaban J connectivity index is 2.42. The first-order chi connectivity index (χ1) is 10.1. The average Bonchev–Trinajstić information content (AvgIpc) is 2.48. The third-order valence-electron chi connectivity index (χ3n) is 2.72. The van der Waals surface area contributed by atoms with E-state index >= 15 is 0 Å². The van der Waals surface area contributed by atoms with Crippen LogP contribution in [0, 0.1) is 11.3 Å². The van der Waals surface area contributed by atoms with Gasteiger partial charge in [-0.2, -0.15) is 5.26 Å². The fourth-order valence-electron chi connectivity index (χ4n) is 1.74. The molecule has 6 heteroatoms. The topological polar surface area (TPSA) is 61.1 Å². The first-order valence-electron chi connectivity index (χ1n) is 5.84. The van der Waals surface area contributed by atoms with Crippen molar-refractivity contribution in [1.29, 1.82) is 5.26 Å². The standard InChI is InChI=1S/C15H10ClNO2S2/c1-20-13-3-2-4-14(11(13)8-17)21-9-5-6-12(16)10(7-9)15(18)19/h2-7H,1H3,(H,18,19). The summed E-state index contributed by atoms with van der Waals surface area (Å²) >= 11 is 8.71. The van der Waals surface area contributed by atoms with Crippen LogP contribution in [-0.4, -0.2) is 17.3 Å². The predicted molar refractivity (Wildman–Crippen MR) is 85.5 cm³/mol. The Labute approximate surface area is 135 Å². The Kier molecular flexibility index (Phi) is 5.18. The maximum Gasteiger partial charge on any atom is 0.337 e. The van der Waals surface area contributed by atoms with Gasteiger partial charge in [-0.3, -0.25) is 0 Å². The molecule has 0 unspecified atom stereocenters. The normalized spacial score (nSPS) is 10.1. The summed E-state index contributed by atoms with van der Waals surface area (Å²) in [5.41, 5.74) is 0.656. The minimum absolute atomic E-state index is 0.0567. The molecule has 0 aliphatic rings. The number of hydrogen-bond acceptors (Lipinski definition) is 4. The molecule has 0 aromatic heterocycles. The van der Waals surface area contributed by atoms with Gasteiger partial charge in [-0.15, -0.1) is 11.8 Å². The van der Waals surface area contributed by atoms with Crippen molar-refractivity contribution in [2.24, 2.45) is 0 Å². The van der Waals surface area contributed by atoms with Crippen molar-refractivity contribution in [1.82, 2.24) is 0 Å². The predicted octanol–water partition coefficient (Wildman–Crippen LogP) is 4.78. The van der Waals surface area contributed by atoms with Gasteiger partial charge in [0.1, 0.15) is 6.07 Å². The molecule has 2 aromatic rings. The van der Waals surface area contributed by atoms with Gasteiger partial charge in [-0.1, -0.05) is 29.4 Å². The number of halogens is 1. The van der Waals surface area contributed by atoms with E-state index in [2.05, 4.69) is 6.07 Å². The molecule has 0 amide bonds. The van der Waals surface area contributed by atoms with Gasteiger partial charge in [-0.05, 0) is 36.6 Å². The van der Waals surface area contributed by atoms with Crippen LogP contribution in [0.25, 0.3) is 0 Å². The summed E-state index contributed by atoms with van der Waals surface area (Å²) in [5, 5.41) is 18.6. The lowest BCUT2D eigenvalue weighted by atomic mass is 10.2. The molecule has 2 rings (SSSR count). The van der Waals surface area contributed by atoms with Crippen molar-refractivity contribution in [2.75, 3.05) is 6.26 Å². The number of nitriles is 1. The summed E-state index contributed by atoms with van der Waals surface area (Å²) in [4.78, 5) is 13.5. The molecular formula is C15H10ClNO2S2. The Bertz CT molecular complexity index is 741. The molecule has 106 valence electrons. The van der Waals surface area contributed by atoms with Crippen LogP contribution in [0.2, 0.25) is 5.02 Å². The Morgan fingerprint density at radius 3 is 2.62 bits per heavy atom. The van der Waals surface area contributed by atoms with Crippen LogP contribution < -0.4 is 0 Å². The first-order valence-corrected chi connectivity index (χ1v) is 8.26. The molecule has 0 heterocycles. The van der Waals surface area contributed by atoms with E-state index in [4.69, 9.17) is 16.7 Å². The van der Waals surface area contributed by atoms with Gasteiger partial charge in [0, 0.05) is 14.7 Å². The van der Waals surface area contributed by atoms with Gasteiger partial charge in [0.05, 0.1) is 16.1 Å². The van der Waals surface area contributed by atoms with Crippen molar-refractivity contribution in [3.8, 4) is 6.07 Å². The highest BCUT2D eigenvalue weighted by Gasteiger charge is 2.12. The van der Waals surface area contributed by atoms with Crippen molar-refractivity contribution in [2.45, 2.75) is 14.7 Å². The molecule has 0 saturated heterocycles. The van der Waals surface area contributed by atoms with Gasteiger partial charge in [0.25, 0.3) is 0 Å². The number of nitrogens with zero attached hydrogens (tertiary/aromatic N) is 1. The zero-order chi connectivity index (χ0) is 15.4. The van der Waals surface area contributed by atoms with Crippen molar-refractivity contribution >= 4 is 41.1 Å². The third kappa shape index (κ3) is 3.53. The molecule has 0 atom stereocenters. The van der Waals surface area contributed by atoms with Gasteiger partial charge < -0.3 is 5.11 Å². The maximum absolute atomic E-state index is 11.1. The number of thioether (sulfide) groups is 1. The van der Waals surface area contributed by atoms with Gasteiger partial charge in [0.15, 0.2) is 0 Å². The van der Waals surface area contributed by atoms with Crippen molar-refractivity contribution < 1.29 is 9.90 Å². The second-order valence-corrected chi connectivity index (χ2v) is 6.36. The Morgan fingerprint density at radius 1 is 1.29 bits per heavy atom. The number of aromatic carboxylic acids is 1. The lowest BCUT2D eigenvalue weighted by molar-refractivity contribution is 0.0697. The van der Waals surface area contributed by atoms with Crippen LogP contribution in [0.3, 0.4) is 0 Å². The molecule has 0 aliphatic carbocycles. The summed E-state index contributed by atoms with van der Waals surface area (Å²) in [6, 6.07) is 12.6. The highest BCUT2D eigenvalue weighted by molar-refractivity contribution is 8.00. The lowest BCUT2D eigenvalue weighted by Crippen LogP contribution is -1.97. The van der Waals surface area contributed by atoms with Crippen LogP contribution in [0.15, 0.2) is 51.1 Å². The number of hydrogen-bond donors (Lipinski definition) is 1. The van der Waals surface area contributed by atoms with Crippen LogP contribution in [0.5, 0.6) is 0 Å². The smallest absolute Gasteiger partial charge is 0.337 e. The van der Waals surface area contributed by atoms with Crippen LogP contribution >= 0.6 is 35.1 Å². The number of carbonyl (C=O) groups is 1. The molecular weight excluding hydrogens is 326 g/mol. The summed E-state index contributed by atoms with van der Waals surface area (Å²) in [6.45, 7) is 0. The van der Waals surface area contributed by atoms with Crippen LogP contribution in [0.1, 0.15) is 15.9 Å². The molecule has 0 fully saturated rings. The molecule has 3 nitrogen and oxygen atoms in total. The van der Waals surface area contributed by atoms with E-state index < -0.39 is 5.97 Å². The number of rotatable bonds is 4. The SMILES string of the molecule is CSc1cccc(Sc2ccc(Cl)c(C(=O)O)c2)c1C#N. The van der Waals surface area contributed by atoms with E-state index in [0.29, 0.717) is 5.56 Å². The van der Waals surface area contributed by atoms with E-state index in [0.717, 1.165) is 14.7 Å². The minimum atomic E-state index is -1.07. The second kappa shape index (κ2) is 6.90. The summed E-state index contributed by atoms with van der Waals surface area (Å²) in [6.07, 6.45) is 1.91. The maximum atomic E-state index is 11.1. The molecule has 0 saturated carbocycles. The minimum Gasteiger partial charge on any atom is -0.478 e. The molecule has 0 spiro atoms. The van der Waals surface area contributed by atoms with Gasteiger partial charge in [-0.25, -0.2) is 4.79 Å². The van der Waals surface area contributed by atoms with Crippen molar-refractivity contribution in [3.63, 3.8) is 0 Å². The van der Waals surface area contributed by atoms with E-state index in [1.54, 1.807) is 12.1 Å². The average molecular weight is 336 g/mol. The van der Waals surface area contributed by atoms with Crippen molar-refractivity contribution in [3.05, 3.63) is 52.5 Å². The fraction of sp³-hybridized carbons (Fsp3) is 0.0667. The van der Waals surface area contributed by atoms with E-state index in [1.165, 1.54) is 29.6 Å². The zero-order valence-electron chi connectivity index (χ0n) is 11.0. The van der Waals surface area contributed by atoms with Crippen LogP contribution in [0.4, 0.5) is 0 Å². The molecule has 0 bridgehead atoms. The highest BCUT2D eigenvalue weighted by atomic mass is 35.5. The Hall–Kier alpha value is -1.61. The first kappa shape index (κ1) is 15.8. The third-order valence-corrected chi connectivity index (χ3v) is 4.88. The summed E-state index contributed by atoms with van der Waals surface area (Å²) in [5.74, 6) is -1.07. The second-order valence-electron chi connectivity index (χ2n) is 3.99. The molecule has 1 N–H and O–H groups in total. The fourth-order valence-corrected chi connectivity index (χ4v) is 3.54. The number of benzene rings is 2. The van der Waals surface area contributed by atoms with Gasteiger partial charge >= 0.3 is 5.97 Å². The highest BCUT2D eigenvalue weighted by Crippen LogP contribution is 2.35. The van der Waals surface area contributed by atoms with E-state index in [1.807, 2.05) is 24.5 Å².